The van der Waals surface area contributed by atoms with Crippen LogP contribution in [0.25, 0.3) is 11.0 Å². The van der Waals surface area contributed by atoms with E-state index in [1.54, 1.807) is 30.3 Å². The fraction of sp³-hybridized carbons (Fsp3) is 0.111. The first-order valence-corrected chi connectivity index (χ1v) is 6.86. The second-order valence-corrected chi connectivity index (χ2v) is 5.16. The maximum absolute atomic E-state index is 12.3. The summed E-state index contributed by atoms with van der Waals surface area (Å²) in [5.74, 6) is -0.0911. The third-order valence-electron chi connectivity index (χ3n) is 3.42. The van der Waals surface area contributed by atoms with Gasteiger partial charge in [0.1, 0.15) is 11.3 Å². The van der Waals surface area contributed by atoms with Gasteiger partial charge in [-0.1, -0.05) is 17.7 Å². The Morgan fingerprint density at radius 3 is 2.59 bits per heavy atom. The van der Waals surface area contributed by atoms with Gasteiger partial charge in [-0.05, 0) is 43.7 Å². The van der Waals surface area contributed by atoms with Crippen molar-refractivity contribution in [3.8, 4) is 5.75 Å². The fourth-order valence-electron chi connectivity index (χ4n) is 2.22. The van der Waals surface area contributed by atoms with E-state index in [0.717, 1.165) is 16.5 Å². The predicted octanol–water partition coefficient (Wildman–Crippen LogP) is 3.63. The fourth-order valence-corrected chi connectivity index (χ4v) is 2.22. The average Bonchev–Trinajstić information content (AvgIpc) is 2.49. The Morgan fingerprint density at radius 1 is 1.00 bits per heavy atom. The van der Waals surface area contributed by atoms with Gasteiger partial charge in [0.25, 0.3) is 0 Å². The highest BCUT2D eigenvalue weighted by Gasteiger charge is 2.12. The van der Waals surface area contributed by atoms with Gasteiger partial charge in [-0.3, -0.25) is 0 Å². The van der Waals surface area contributed by atoms with Crippen LogP contribution in [-0.4, -0.2) is 5.97 Å². The molecule has 22 heavy (non-hydrogen) atoms. The molecule has 0 radical (unpaired) electrons. The van der Waals surface area contributed by atoms with Crippen molar-refractivity contribution in [3.63, 3.8) is 0 Å². The zero-order valence-corrected chi connectivity index (χ0v) is 12.3. The second-order valence-electron chi connectivity index (χ2n) is 5.16. The van der Waals surface area contributed by atoms with Crippen LogP contribution >= 0.6 is 0 Å². The van der Waals surface area contributed by atoms with Crippen LogP contribution in [0.2, 0.25) is 0 Å². The molecule has 0 bridgehead atoms. The van der Waals surface area contributed by atoms with Crippen molar-refractivity contribution in [3.05, 3.63) is 75.6 Å². The van der Waals surface area contributed by atoms with Gasteiger partial charge in [-0.2, -0.15) is 0 Å². The lowest BCUT2D eigenvalue weighted by molar-refractivity contribution is 0.0734. The van der Waals surface area contributed by atoms with Crippen molar-refractivity contribution >= 4 is 16.9 Å². The van der Waals surface area contributed by atoms with Gasteiger partial charge in [-0.25, -0.2) is 9.59 Å². The molecule has 3 rings (SSSR count). The van der Waals surface area contributed by atoms with Crippen molar-refractivity contribution in [2.75, 3.05) is 0 Å². The molecule has 0 spiro atoms. The molecule has 1 heterocycles. The van der Waals surface area contributed by atoms with Gasteiger partial charge < -0.3 is 9.15 Å². The molecule has 0 atom stereocenters. The van der Waals surface area contributed by atoms with E-state index in [9.17, 15) is 9.59 Å². The number of carbonyl (C=O) groups is 1. The summed E-state index contributed by atoms with van der Waals surface area (Å²) in [6.45, 7) is 3.77. The van der Waals surface area contributed by atoms with Gasteiger partial charge in [0, 0.05) is 17.5 Å². The molecule has 4 heteroatoms. The van der Waals surface area contributed by atoms with Gasteiger partial charge in [0.05, 0.1) is 5.56 Å². The molecule has 0 saturated carbocycles. The highest BCUT2D eigenvalue weighted by Crippen LogP contribution is 2.21. The van der Waals surface area contributed by atoms with Gasteiger partial charge in [-0.15, -0.1) is 0 Å². The summed E-state index contributed by atoms with van der Waals surface area (Å²) in [6.07, 6.45) is 0. The van der Waals surface area contributed by atoms with Crippen molar-refractivity contribution < 1.29 is 13.9 Å². The van der Waals surface area contributed by atoms with E-state index in [0.29, 0.717) is 16.9 Å². The van der Waals surface area contributed by atoms with Crippen molar-refractivity contribution in [1.29, 1.82) is 0 Å². The lowest BCUT2D eigenvalue weighted by Gasteiger charge is -2.08. The zero-order valence-electron chi connectivity index (χ0n) is 12.3. The van der Waals surface area contributed by atoms with Gasteiger partial charge in [0.2, 0.25) is 0 Å². The van der Waals surface area contributed by atoms with Crippen LogP contribution in [0.5, 0.6) is 5.75 Å². The molecule has 110 valence electrons. The summed E-state index contributed by atoms with van der Waals surface area (Å²) >= 11 is 0. The minimum atomic E-state index is -0.439. The van der Waals surface area contributed by atoms with E-state index in [1.807, 2.05) is 26.0 Å². The Hall–Kier alpha value is -2.88. The predicted molar refractivity (Wildman–Crippen MR) is 83.4 cm³/mol. The van der Waals surface area contributed by atoms with E-state index in [-0.39, 0.29) is 0 Å². The largest absolute Gasteiger partial charge is 0.423 e. The first kappa shape index (κ1) is 14.1. The first-order chi connectivity index (χ1) is 10.5. The van der Waals surface area contributed by atoms with Crippen LogP contribution in [0.4, 0.5) is 0 Å². The molecule has 0 aliphatic heterocycles. The molecule has 0 amide bonds. The lowest BCUT2D eigenvalue weighted by atomic mass is 10.1. The van der Waals surface area contributed by atoms with E-state index >= 15 is 0 Å². The topological polar surface area (TPSA) is 56.5 Å². The Kier molecular flexibility index (Phi) is 3.51. The number of fused-ring (bicyclic) bond motifs is 1. The number of esters is 1. The number of hydrogen-bond acceptors (Lipinski definition) is 4. The molecule has 0 N–H and O–H groups in total. The monoisotopic (exact) mass is 294 g/mol. The number of aryl methyl sites for hydroxylation is 2. The highest BCUT2D eigenvalue weighted by molar-refractivity contribution is 5.93. The van der Waals surface area contributed by atoms with E-state index < -0.39 is 11.6 Å². The highest BCUT2D eigenvalue weighted by atomic mass is 16.5. The summed E-state index contributed by atoms with van der Waals surface area (Å²) in [4.78, 5) is 23.5. The normalized spacial score (nSPS) is 10.6. The third-order valence-corrected chi connectivity index (χ3v) is 3.42. The van der Waals surface area contributed by atoms with Gasteiger partial charge >= 0.3 is 11.6 Å². The second kappa shape index (κ2) is 5.48. The molecule has 0 aliphatic rings. The minimum absolute atomic E-state index is 0.341. The number of benzene rings is 2. The third kappa shape index (κ3) is 2.76. The smallest absolute Gasteiger partial charge is 0.343 e. The number of carbonyl (C=O) groups excluding carboxylic acids is 1. The van der Waals surface area contributed by atoms with Crippen LogP contribution in [0.3, 0.4) is 0 Å². The lowest BCUT2D eigenvalue weighted by Crippen LogP contribution is -2.10. The number of ether oxygens (including phenoxy) is 1. The Morgan fingerprint density at radius 2 is 1.77 bits per heavy atom. The molecule has 0 saturated heterocycles. The van der Waals surface area contributed by atoms with E-state index in [4.69, 9.17) is 9.15 Å². The van der Waals surface area contributed by atoms with Crippen LogP contribution in [0.1, 0.15) is 21.5 Å². The van der Waals surface area contributed by atoms with Crippen molar-refractivity contribution in [2.24, 2.45) is 0 Å². The number of rotatable bonds is 2. The Balaban J connectivity index is 1.93. The summed E-state index contributed by atoms with van der Waals surface area (Å²) in [5, 5.41) is 0.770. The Labute approximate surface area is 127 Å². The summed E-state index contributed by atoms with van der Waals surface area (Å²) in [5.41, 5.74) is 2.31. The molecule has 2 aromatic carbocycles. The molecule has 3 aromatic rings. The van der Waals surface area contributed by atoms with Crippen LogP contribution in [0.15, 0.2) is 57.7 Å². The summed E-state index contributed by atoms with van der Waals surface area (Å²) in [7, 11) is 0. The molecule has 4 nitrogen and oxygen atoms in total. The molecule has 0 unspecified atom stereocenters. The summed E-state index contributed by atoms with van der Waals surface area (Å²) in [6, 6.07) is 13.6. The molecule has 1 aromatic heterocycles. The Bertz CT molecular complexity index is 922. The molecule has 0 aliphatic carbocycles. The standard InChI is InChI=1S/C18H14O4/c1-11-3-4-12(2)15(9-11)18(20)21-14-7-5-13-6-8-17(19)22-16(13)10-14/h3-10H,1-2H3. The average molecular weight is 294 g/mol. The van der Waals surface area contributed by atoms with Crippen LogP contribution in [-0.2, 0) is 0 Å². The van der Waals surface area contributed by atoms with Crippen LogP contribution < -0.4 is 10.4 Å². The molecular formula is C18H14O4. The first-order valence-electron chi connectivity index (χ1n) is 6.86. The van der Waals surface area contributed by atoms with Crippen molar-refractivity contribution in [1.82, 2.24) is 0 Å². The van der Waals surface area contributed by atoms with Crippen molar-refractivity contribution in [2.45, 2.75) is 13.8 Å². The summed E-state index contributed by atoms with van der Waals surface area (Å²) < 4.78 is 10.5. The SMILES string of the molecule is Cc1ccc(C)c(C(=O)Oc2ccc3ccc(=O)oc3c2)c1. The number of hydrogen-bond donors (Lipinski definition) is 0. The zero-order chi connectivity index (χ0) is 15.7. The quantitative estimate of drug-likeness (QED) is 0.411. The minimum Gasteiger partial charge on any atom is -0.423 e. The van der Waals surface area contributed by atoms with E-state index in [1.165, 1.54) is 6.07 Å². The maximum Gasteiger partial charge on any atom is 0.343 e. The van der Waals surface area contributed by atoms with Crippen LogP contribution in [0, 0.1) is 13.8 Å². The molecule has 0 fully saturated rings. The van der Waals surface area contributed by atoms with E-state index in [2.05, 4.69) is 0 Å². The van der Waals surface area contributed by atoms with Gasteiger partial charge in [0.15, 0.2) is 0 Å². The molecular weight excluding hydrogens is 280 g/mol. The maximum atomic E-state index is 12.3.